The van der Waals surface area contributed by atoms with Gasteiger partial charge >= 0.3 is 17.7 Å². The summed E-state index contributed by atoms with van der Waals surface area (Å²) in [5, 5.41) is 3.32. The number of rotatable bonds is 9. The maximum absolute atomic E-state index is 12.1. The molecular weight excluding hydrogens is 376 g/mol. The zero-order chi connectivity index (χ0) is 21.4. The Morgan fingerprint density at radius 3 is 2.52 bits per heavy atom. The van der Waals surface area contributed by atoms with E-state index in [1.165, 1.54) is 6.07 Å². The van der Waals surface area contributed by atoms with Gasteiger partial charge in [0.1, 0.15) is 5.58 Å². The fourth-order valence-corrected chi connectivity index (χ4v) is 3.06. The van der Waals surface area contributed by atoms with Gasteiger partial charge in [-0.15, -0.1) is 0 Å². The van der Waals surface area contributed by atoms with Crippen LogP contribution in [-0.4, -0.2) is 43.3 Å². The van der Waals surface area contributed by atoms with Gasteiger partial charge in [0, 0.05) is 36.3 Å². The van der Waals surface area contributed by atoms with E-state index >= 15 is 0 Å². The second-order valence-corrected chi connectivity index (χ2v) is 7.02. The van der Waals surface area contributed by atoms with Gasteiger partial charge in [-0.05, 0) is 37.5 Å². The topological polar surface area (TPSA) is 98.1 Å². The number of esters is 1. The molecule has 0 unspecified atom stereocenters. The fraction of sp³-hybridized carbons (Fsp3) is 0.476. The minimum Gasteiger partial charge on any atom is -0.465 e. The lowest BCUT2D eigenvalue weighted by Gasteiger charge is -2.23. The minimum absolute atomic E-state index is 0.135. The van der Waals surface area contributed by atoms with Crippen molar-refractivity contribution in [1.82, 2.24) is 4.90 Å². The summed E-state index contributed by atoms with van der Waals surface area (Å²) in [6, 6.07) is 6.49. The molecule has 2 aromatic rings. The van der Waals surface area contributed by atoms with Gasteiger partial charge < -0.3 is 13.9 Å². The van der Waals surface area contributed by atoms with Crippen molar-refractivity contribution in [3.05, 3.63) is 40.2 Å². The third kappa shape index (κ3) is 6.90. The highest BCUT2D eigenvalue weighted by Gasteiger charge is 2.16. The Kier molecular flexibility index (Phi) is 8.21. The van der Waals surface area contributed by atoms with Crippen LogP contribution in [0.25, 0.3) is 11.0 Å². The highest BCUT2D eigenvalue weighted by atomic mass is 16.5. The molecule has 1 aromatic heterocycles. The van der Waals surface area contributed by atoms with Crippen LogP contribution in [0.4, 0.5) is 10.5 Å². The van der Waals surface area contributed by atoms with Gasteiger partial charge in [-0.1, -0.05) is 13.8 Å². The van der Waals surface area contributed by atoms with Crippen LogP contribution in [0, 0.1) is 5.92 Å². The Morgan fingerprint density at radius 1 is 1.14 bits per heavy atom. The summed E-state index contributed by atoms with van der Waals surface area (Å²) in [4.78, 5) is 37.6. The number of ether oxygens (including phenoxy) is 2. The number of anilines is 1. The Morgan fingerprint density at radius 2 is 1.86 bits per heavy atom. The number of nitrogens with one attached hydrogen (secondary N) is 1. The molecule has 0 atom stereocenters. The summed E-state index contributed by atoms with van der Waals surface area (Å²) < 4.78 is 15.2. The molecule has 1 amide bonds. The number of hydrogen-bond acceptors (Lipinski definition) is 7. The first-order chi connectivity index (χ1) is 13.8. The summed E-state index contributed by atoms with van der Waals surface area (Å²) >= 11 is 0. The van der Waals surface area contributed by atoms with Crippen LogP contribution in [-0.2, 0) is 20.8 Å². The second-order valence-electron chi connectivity index (χ2n) is 7.02. The molecule has 2 rings (SSSR count). The van der Waals surface area contributed by atoms with Crippen molar-refractivity contribution in [3.8, 4) is 0 Å². The number of nitrogens with zero attached hydrogens (tertiary/aromatic N) is 1. The van der Waals surface area contributed by atoms with Crippen LogP contribution in [0.3, 0.4) is 0 Å². The smallest absolute Gasteiger partial charge is 0.411 e. The monoisotopic (exact) mass is 404 g/mol. The zero-order valence-electron chi connectivity index (χ0n) is 17.3. The van der Waals surface area contributed by atoms with Crippen molar-refractivity contribution in [3.63, 3.8) is 0 Å². The number of hydrogen-bond donors (Lipinski definition) is 1. The third-order valence-electron chi connectivity index (χ3n) is 4.03. The van der Waals surface area contributed by atoms with Crippen LogP contribution in [0.5, 0.6) is 0 Å². The maximum atomic E-state index is 12.1. The molecule has 29 heavy (non-hydrogen) atoms. The molecular formula is C21H28N2O6. The molecule has 0 saturated carbocycles. The Hall–Kier alpha value is -2.87. The molecule has 0 aliphatic rings. The molecule has 8 nitrogen and oxygen atoms in total. The van der Waals surface area contributed by atoms with E-state index in [1.54, 1.807) is 32.0 Å². The van der Waals surface area contributed by atoms with Crippen LogP contribution < -0.4 is 10.9 Å². The lowest BCUT2D eigenvalue weighted by Crippen LogP contribution is -2.33. The quantitative estimate of drug-likeness (QED) is 0.505. The number of carbonyl (C=O) groups excluding carboxylic acids is 2. The molecule has 1 aromatic carbocycles. The van der Waals surface area contributed by atoms with Crippen molar-refractivity contribution in [2.45, 2.75) is 34.2 Å². The van der Waals surface area contributed by atoms with Crippen LogP contribution in [0.1, 0.15) is 33.3 Å². The Balaban J connectivity index is 2.31. The van der Waals surface area contributed by atoms with Crippen LogP contribution >= 0.6 is 0 Å². The molecule has 0 radical (unpaired) electrons. The third-order valence-corrected chi connectivity index (χ3v) is 4.03. The van der Waals surface area contributed by atoms with Crippen molar-refractivity contribution < 1.29 is 23.5 Å². The molecule has 1 heterocycles. The number of amides is 1. The van der Waals surface area contributed by atoms with Crippen LogP contribution in [0.2, 0.25) is 0 Å². The van der Waals surface area contributed by atoms with E-state index in [1.807, 2.05) is 4.90 Å². The average Bonchev–Trinajstić information content (AvgIpc) is 2.61. The van der Waals surface area contributed by atoms with E-state index in [0.29, 0.717) is 36.9 Å². The molecule has 158 valence electrons. The van der Waals surface area contributed by atoms with Crippen molar-refractivity contribution >= 4 is 28.7 Å². The van der Waals surface area contributed by atoms with Crippen molar-refractivity contribution in [2.24, 2.45) is 5.92 Å². The molecule has 8 heteroatoms. The first-order valence-corrected chi connectivity index (χ1v) is 9.70. The summed E-state index contributed by atoms with van der Waals surface area (Å²) in [7, 11) is 0. The van der Waals surface area contributed by atoms with Crippen molar-refractivity contribution in [2.75, 3.05) is 31.6 Å². The predicted molar refractivity (Wildman–Crippen MR) is 110 cm³/mol. The summed E-state index contributed by atoms with van der Waals surface area (Å²) in [6.07, 6.45) is -0.581. The van der Waals surface area contributed by atoms with E-state index in [-0.39, 0.29) is 19.1 Å². The molecule has 0 fully saturated rings. The molecule has 1 N–H and O–H groups in total. The summed E-state index contributed by atoms with van der Waals surface area (Å²) in [5.74, 6) is 0.0255. The van der Waals surface area contributed by atoms with Gasteiger partial charge in [0.25, 0.3) is 0 Å². The highest BCUT2D eigenvalue weighted by Crippen LogP contribution is 2.23. The molecule has 0 aliphatic carbocycles. The standard InChI is InChI=1S/C21H28N2O6/c1-5-27-20(25)13-23(11-14(3)4)12-15-9-19(24)29-18-10-16(7-8-17(15)18)22-21(26)28-6-2/h7-10,14H,5-6,11-13H2,1-4H3,(H,22,26). The minimum atomic E-state index is -0.581. The first kappa shape index (κ1) is 22.4. The summed E-state index contributed by atoms with van der Waals surface area (Å²) in [6.45, 7) is 9.37. The maximum Gasteiger partial charge on any atom is 0.411 e. The Labute approximate surface area is 169 Å². The number of fused-ring (bicyclic) bond motifs is 1. The summed E-state index contributed by atoms with van der Waals surface area (Å²) in [5.41, 5.74) is 1.05. The van der Waals surface area contributed by atoms with Crippen molar-refractivity contribution in [1.29, 1.82) is 0 Å². The van der Waals surface area contributed by atoms with Gasteiger partial charge in [-0.3, -0.25) is 15.0 Å². The van der Waals surface area contributed by atoms with E-state index in [2.05, 4.69) is 19.2 Å². The van der Waals surface area contributed by atoms with E-state index in [0.717, 1.165) is 10.9 Å². The zero-order valence-corrected chi connectivity index (χ0v) is 17.3. The predicted octanol–water partition coefficient (Wildman–Crippen LogP) is 3.38. The van der Waals surface area contributed by atoms with Crippen LogP contribution in [0.15, 0.2) is 33.5 Å². The van der Waals surface area contributed by atoms with Gasteiger partial charge in [-0.25, -0.2) is 9.59 Å². The van der Waals surface area contributed by atoms with E-state index in [9.17, 15) is 14.4 Å². The van der Waals surface area contributed by atoms with E-state index < -0.39 is 11.7 Å². The van der Waals surface area contributed by atoms with Gasteiger partial charge in [-0.2, -0.15) is 0 Å². The number of benzene rings is 1. The molecule has 0 aliphatic heterocycles. The fourth-order valence-electron chi connectivity index (χ4n) is 3.06. The SMILES string of the molecule is CCOC(=O)CN(Cc1cc(=O)oc2cc(NC(=O)OCC)ccc12)CC(C)C. The molecule has 0 spiro atoms. The van der Waals surface area contributed by atoms with Gasteiger partial charge in [0.05, 0.1) is 19.8 Å². The first-order valence-electron chi connectivity index (χ1n) is 9.70. The largest absolute Gasteiger partial charge is 0.465 e. The van der Waals surface area contributed by atoms with Gasteiger partial charge in [0.2, 0.25) is 0 Å². The number of carbonyl (C=O) groups is 2. The van der Waals surface area contributed by atoms with E-state index in [4.69, 9.17) is 13.9 Å². The second kappa shape index (κ2) is 10.6. The normalized spacial score (nSPS) is 11.1. The molecule has 0 bridgehead atoms. The lowest BCUT2D eigenvalue weighted by molar-refractivity contribution is -0.144. The van der Waals surface area contributed by atoms with Gasteiger partial charge in [0.15, 0.2) is 0 Å². The Bertz CT molecular complexity index is 906. The molecule has 0 saturated heterocycles. The average molecular weight is 404 g/mol. The highest BCUT2D eigenvalue weighted by molar-refractivity contribution is 5.90. The lowest BCUT2D eigenvalue weighted by atomic mass is 10.1.